The average Bonchev–Trinajstić information content (AvgIpc) is 2.29. The van der Waals surface area contributed by atoms with Crippen molar-refractivity contribution in [2.24, 2.45) is 0 Å². The van der Waals surface area contributed by atoms with Crippen LogP contribution in [0.4, 0.5) is 14.5 Å². The van der Waals surface area contributed by atoms with Crippen molar-refractivity contribution in [1.82, 2.24) is 5.32 Å². The summed E-state index contributed by atoms with van der Waals surface area (Å²) in [6, 6.07) is 2.42. The molecule has 1 saturated heterocycles. The van der Waals surface area contributed by atoms with Gasteiger partial charge in [0.15, 0.2) is 11.6 Å². The molecule has 3 nitrogen and oxygen atoms in total. The Kier molecular flexibility index (Phi) is 3.24. The number of nitrogens with zero attached hydrogens (tertiary/aromatic N) is 1. The Morgan fingerprint density at radius 1 is 1.19 bits per heavy atom. The molecule has 0 aromatic heterocycles. The molecule has 5 heteroatoms. The second-order valence-corrected chi connectivity index (χ2v) is 3.68. The largest absolute Gasteiger partial charge is 0.497 e. The molecule has 0 amide bonds. The summed E-state index contributed by atoms with van der Waals surface area (Å²) in [5, 5.41) is 3.13. The first-order valence-corrected chi connectivity index (χ1v) is 5.21. The van der Waals surface area contributed by atoms with Crippen molar-refractivity contribution in [1.29, 1.82) is 0 Å². The quantitative estimate of drug-likeness (QED) is 0.827. The number of hydrogen-bond donors (Lipinski definition) is 1. The Morgan fingerprint density at radius 3 is 2.25 bits per heavy atom. The minimum Gasteiger partial charge on any atom is -0.497 e. The van der Waals surface area contributed by atoms with Gasteiger partial charge in [0, 0.05) is 38.3 Å². The lowest BCUT2D eigenvalue weighted by molar-refractivity contribution is 0.406. The minimum atomic E-state index is -0.571. The lowest BCUT2D eigenvalue weighted by Gasteiger charge is -2.30. The molecule has 0 unspecified atom stereocenters. The number of nitrogens with one attached hydrogen (secondary N) is 1. The zero-order valence-electron chi connectivity index (χ0n) is 9.09. The first-order valence-electron chi connectivity index (χ1n) is 5.21. The number of hydrogen-bond acceptors (Lipinski definition) is 3. The standard InChI is InChI=1S/C11H14F2N2O/c1-16-8-6-9(12)11(10(13)7-8)15-4-2-14-3-5-15/h6-7,14H,2-5H2,1H3. The summed E-state index contributed by atoms with van der Waals surface area (Å²) in [5.41, 5.74) is 0.0438. The van der Waals surface area contributed by atoms with Crippen molar-refractivity contribution in [3.8, 4) is 5.75 Å². The van der Waals surface area contributed by atoms with Crippen molar-refractivity contribution in [2.75, 3.05) is 38.2 Å². The maximum Gasteiger partial charge on any atom is 0.153 e. The van der Waals surface area contributed by atoms with Crippen LogP contribution in [0.2, 0.25) is 0 Å². The number of piperazine rings is 1. The van der Waals surface area contributed by atoms with Crippen LogP contribution in [-0.4, -0.2) is 33.3 Å². The van der Waals surface area contributed by atoms with Crippen LogP contribution in [0, 0.1) is 11.6 Å². The summed E-state index contributed by atoms with van der Waals surface area (Å²) in [7, 11) is 1.39. The molecule has 0 saturated carbocycles. The molecule has 2 rings (SSSR count). The molecule has 1 N–H and O–H groups in total. The second kappa shape index (κ2) is 4.65. The van der Waals surface area contributed by atoms with E-state index >= 15 is 0 Å². The minimum absolute atomic E-state index is 0.0438. The highest BCUT2D eigenvalue weighted by molar-refractivity contribution is 5.52. The smallest absolute Gasteiger partial charge is 0.153 e. The zero-order valence-corrected chi connectivity index (χ0v) is 9.09. The molecule has 0 radical (unpaired) electrons. The monoisotopic (exact) mass is 228 g/mol. The third-order valence-corrected chi connectivity index (χ3v) is 2.66. The number of anilines is 1. The molecule has 88 valence electrons. The van der Waals surface area contributed by atoms with Gasteiger partial charge in [-0.2, -0.15) is 0 Å². The van der Waals surface area contributed by atoms with Gasteiger partial charge in [-0.05, 0) is 0 Å². The van der Waals surface area contributed by atoms with Crippen LogP contribution < -0.4 is 15.0 Å². The molecule has 1 aliphatic rings. The summed E-state index contributed by atoms with van der Waals surface area (Å²) in [6.45, 7) is 2.70. The molecule has 1 aliphatic heterocycles. The number of methoxy groups -OCH3 is 1. The number of halogens is 2. The Morgan fingerprint density at radius 2 is 1.75 bits per heavy atom. The predicted octanol–water partition coefficient (Wildman–Crippen LogP) is 1.38. The maximum atomic E-state index is 13.7. The van der Waals surface area contributed by atoms with Gasteiger partial charge >= 0.3 is 0 Å². The van der Waals surface area contributed by atoms with Crippen molar-refractivity contribution in [2.45, 2.75) is 0 Å². The van der Waals surface area contributed by atoms with Crippen LogP contribution in [0.5, 0.6) is 5.75 Å². The van der Waals surface area contributed by atoms with Gasteiger partial charge in [-0.3, -0.25) is 0 Å². The van der Waals surface area contributed by atoms with Crippen LogP contribution in [0.1, 0.15) is 0 Å². The highest BCUT2D eigenvalue weighted by Crippen LogP contribution is 2.28. The molecule has 0 bridgehead atoms. The highest BCUT2D eigenvalue weighted by atomic mass is 19.1. The van der Waals surface area contributed by atoms with Crippen LogP contribution in [0.3, 0.4) is 0 Å². The number of rotatable bonds is 2. The van der Waals surface area contributed by atoms with E-state index in [1.54, 1.807) is 4.90 Å². The number of benzene rings is 1. The fourth-order valence-corrected chi connectivity index (χ4v) is 1.85. The van der Waals surface area contributed by atoms with E-state index in [1.807, 2.05) is 0 Å². The molecule has 1 heterocycles. The molecule has 1 aromatic carbocycles. The lowest BCUT2D eigenvalue weighted by atomic mass is 10.2. The summed E-state index contributed by atoms with van der Waals surface area (Å²) >= 11 is 0. The van der Waals surface area contributed by atoms with E-state index in [2.05, 4.69) is 5.32 Å². The predicted molar refractivity (Wildman–Crippen MR) is 58.0 cm³/mol. The molecule has 0 atom stereocenters. The molecule has 0 spiro atoms. The van der Waals surface area contributed by atoms with Crippen LogP contribution >= 0.6 is 0 Å². The van der Waals surface area contributed by atoms with E-state index < -0.39 is 11.6 Å². The fraction of sp³-hybridized carbons (Fsp3) is 0.455. The Hall–Kier alpha value is -1.36. The SMILES string of the molecule is COc1cc(F)c(N2CCNCC2)c(F)c1. The normalized spacial score (nSPS) is 16.3. The Bertz CT molecular complexity index is 355. The van der Waals surface area contributed by atoms with Crippen molar-refractivity contribution in [3.63, 3.8) is 0 Å². The van der Waals surface area contributed by atoms with E-state index in [9.17, 15) is 8.78 Å². The summed E-state index contributed by atoms with van der Waals surface area (Å²) < 4.78 is 32.2. The maximum absolute atomic E-state index is 13.7. The Labute approximate surface area is 93.0 Å². The molecule has 1 fully saturated rings. The van der Waals surface area contributed by atoms with Gasteiger partial charge in [-0.25, -0.2) is 8.78 Å². The van der Waals surface area contributed by atoms with E-state index in [1.165, 1.54) is 19.2 Å². The van der Waals surface area contributed by atoms with Crippen LogP contribution in [0.25, 0.3) is 0 Å². The van der Waals surface area contributed by atoms with E-state index in [0.29, 0.717) is 13.1 Å². The molecular formula is C11H14F2N2O. The molecule has 16 heavy (non-hydrogen) atoms. The summed E-state index contributed by atoms with van der Waals surface area (Å²) in [5.74, 6) is -0.939. The zero-order chi connectivity index (χ0) is 11.5. The fourth-order valence-electron chi connectivity index (χ4n) is 1.85. The number of ether oxygens (including phenoxy) is 1. The Balaban J connectivity index is 2.32. The van der Waals surface area contributed by atoms with Crippen molar-refractivity contribution < 1.29 is 13.5 Å². The van der Waals surface area contributed by atoms with E-state index in [4.69, 9.17) is 4.74 Å². The van der Waals surface area contributed by atoms with E-state index in [-0.39, 0.29) is 11.4 Å². The first-order chi connectivity index (χ1) is 7.72. The topological polar surface area (TPSA) is 24.5 Å². The lowest BCUT2D eigenvalue weighted by Crippen LogP contribution is -2.44. The van der Waals surface area contributed by atoms with Gasteiger partial charge in [0.2, 0.25) is 0 Å². The van der Waals surface area contributed by atoms with Gasteiger partial charge in [-0.15, -0.1) is 0 Å². The summed E-state index contributed by atoms with van der Waals surface area (Å²) in [4.78, 5) is 1.71. The molecular weight excluding hydrogens is 214 g/mol. The third kappa shape index (κ3) is 2.09. The second-order valence-electron chi connectivity index (χ2n) is 3.68. The average molecular weight is 228 g/mol. The third-order valence-electron chi connectivity index (χ3n) is 2.66. The van der Waals surface area contributed by atoms with Crippen molar-refractivity contribution in [3.05, 3.63) is 23.8 Å². The first kappa shape index (κ1) is 11.1. The van der Waals surface area contributed by atoms with Crippen LogP contribution in [0.15, 0.2) is 12.1 Å². The molecule has 1 aromatic rings. The highest BCUT2D eigenvalue weighted by Gasteiger charge is 2.19. The van der Waals surface area contributed by atoms with Gasteiger partial charge in [-0.1, -0.05) is 0 Å². The van der Waals surface area contributed by atoms with Crippen molar-refractivity contribution >= 4 is 5.69 Å². The van der Waals surface area contributed by atoms with Gasteiger partial charge in [0.05, 0.1) is 7.11 Å². The van der Waals surface area contributed by atoms with Crippen LogP contribution in [-0.2, 0) is 0 Å². The van der Waals surface area contributed by atoms with E-state index in [0.717, 1.165) is 13.1 Å². The summed E-state index contributed by atoms with van der Waals surface area (Å²) in [6.07, 6.45) is 0. The van der Waals surface area contributed by atoms with Gasteiger partial charge in [0.1, 0.15) is 11.4 Å². The van der Waals surface area contributed by atoms with Gasteiger partial charge < -0.3 is 15.0 Å². The molecule has 0 aliphatic carbocycles. The van der Waals surface area contributed by atoms with Gasteiger partial charge in [0.25, 0.3) is 0 Å².